The van der Waals surface area contributed by atoms with Gasteiger partial charge < -0.3 is 46.5 Å². The SMILES string of the molecule is CCCCc1ccc(C#Cc2ccc(C(=O)NCCC(=O)NC(CCCCN)C(=O)N(C)[C@@H]3C(=O)N[C@@H](C)C(=O)N[C@H](C(=O)O)Cc4ccc(OC)c(c4)-c4cc3ccc4OC)cc2)cc1. The van der Waals surface area contributed by atoms with E-state index in [1.165, 1.54) is 38.7 Å². The molecule has 4 aromatic rings. The highest BCUT2D eigenvalue weighted by molar-refractivity contribution is 5.97. The van der Waals surface area contributed by atoms with Crippen molar-refractivity contribution in [3.63, 3.8) is 0 Å². The van der Waals surface area contributed by atoms with Crippen LogP contribution in [-0.4, -0.2) is 98.0 Å². The Kier molecular flexibility index (Phi) is 18.3. The fraction of sp³-hybridized carbons (Fsp3) is 0.373. The van der Waals surface area contributed by atoms with Gasteiger partial charge in [0.25, 0.3) is 5.91 Å². The van der Waals surface area contributed by atoms with Crippen LogP contribution >= 0.6 is 0 Å². The zero-order valence-corrected chi connectivity index (χ0v) is 38.2. The van der Waals surface area contributed by atoms with Crippen LogP contribution in [0.15, 0.2) is 84.9 Å². The Labute approximate surface area is 386 Å². The first kappa shape index (κ1) is 49.8. The number of nitrogens with two attached hydrogens (primary N) is 1. The second-order valence-electron chi connectivity index (χ2n) is 16.2. The number of unbranched alkanes of at least 4 members (excludes halogenated alkanes) is 2. The maximum absolute atomic E-state index is 14.5. The van der Waals surface area contributed by atoms with Crippen LogP contribution in [0.1, 0.15) is 96.6 Å². The summed E-state index contributed by atoms with van der Waals surface area (Å²) in [5.41, 5.74) is 11.0. The van der Waals surface area contributed by atoms with Crippen molar-refractivity contribution in [3.8, 4) is 34.5 Å². The molecule has 0 radical (unpaired) electrons. The average molecular weight is 901 g/mol. The highest BCUT2D eigenvalue weighted by atomic mass is 16.5. The maximum Gasteiger partial charge on any atom is 0.326 e. The van der Waals surface area contributed by atoms with Crippen LogP contribution < -0.4 is 36.5 Å². The Bertz CT molecular complexity index is 2430. The van der Waals surface area contributed by atoms with Crippen molar-refractivity contribution < 1.29 is 43.3 Å². The molecule has 0 spiro atoms. The van der Waals surface area contributed by atoms with Gasteiger partial charge in [-0.2, -0.15) is 0 Å². The number of ether oxygens (including phenoxy) is 2. The summed E-state index contributed by atoms with van der Waals surface area (Å²) in [6.45, 7) is 3.91. The number of carboxylic acid groups (broad SMARTS) is 1. The molecule has 7 N–H and O–H groups in total. The first-order valence-electron chi connectivity index (χ1n) is 22.2. The van der Waals surface area contributed by atoms with E-state index in [1.807, 2.05) is 12.1 Å². The van der Waals surface area contributed by atoms with E-state index >= 15 is 0 Å². The lowest BCUT2D eigenvalue weighted by Crippen LogP contribution is -2.54. The number of rotatable bonds is 17. The zero-order chi connectivity index (χ0) is 47.8. The highest BCUT2D eigenvalue weighted by Crippen LogP contribution is 2.40. The second kappa shape index (κ2) is 24.2. The molecule has 66 heavy (non-hydrogen) atoms. The van der Waals surface area contributed by atoms with Gasteiger partial charge in [0.1, 0.15) is 35.7 Å². The van der Waals surface area contributed by atoms with E-state index < -0.39 is 53.8 Å². The number of likely N-dealkylation sites (N-methyl/N-ethyl adjacent to an activating group) is 1. The second-order valence-corrected chi connectivity index (χ2v) is 16.2. The van der Waals surface area contributed by atoms with Crippen molar-refractivity contribution >= 4 is 35.5 Å². The molecule has 0 aliphatic carbocycles. The van der Waals surface area contributed by atoms with Crippen molar-refractivity contribution in [2.45, 2.75) is 89.4 Å². The topological polar surface area (TPSA) is 218 Å². The Hall–Kier alpha value is -7.18. The van der Waals surface area contributed by atoms with Gasteiger partial charge >= 0.3 is 5.97 Å². The van der Waals surface area contributed by atoms with Gasteiger partial charge in [-0.1, -0.05) is 49.5 Å². The van der Waals surface area contributed by atoms with Gasteiger partial charge in [-0.3, -0.25) is 24.0 Å². The van der Waals surface area contributed by atoms with E-state index in [0.29, 0.717) is 58.7 Å². The average Bonchev–Trinajstić information content (AvgIpc) is 3.31. The number of hydrogen-bond donors (Lipinski definition) is 6. The summed E-state index contributed by atoms with van der Waals surface area (Å²) in [6.07, 6.45) is 4.35. The molecule has 0 saturated carbocycles. The van der Waals surface area contributed by atoms with E-state index in [4.69, 9.17) is 15.2 Å². The Balaban J connectivity index is 1.32. The number of hydrogen-bond acceptors (Lipinski definition) is 9. The van der Waals surface area contributed by atoms with Crippen LogP contribution in [0.5, 0.6) is 11.5 Å². The van der Waals surface area contributed by atoms with E-state index in [2.05, 4.69) is 52.2 Å². The van der Waals surface area contributed by atoms with Crippen molar-refractivity contribution in [2.75, 3.05) is 34.4 Å². The van der Waals surface area contributed by atoms with Crippen LogP contribution in [0.2, 0.25) is 0 Å². The Morgan fingerprint density at radius 3 is 2.11 bits per heavy atom. The number of methoxy groups -OCH3 is 2. The van der Waals surface area contributed by atoms with Gasteiger partial charge in [0.15, 0.2) is 0 Å². The summed E-state index contributed by atoms with van der Waals surface area (Å²) in [4.78, 5) is 82.2. The lowest BCUT2D eigenvalue weighted by atomic mass is 9.93. The van der Waals surface area contributed by atoms with Gasteiger partial charge in [-0.05, 0) is 123 Å². The highest BCUT2D eigenvalue weighted by Gasteiger charge is 2.36. The molecule has 4 atom stereocenters. The van der Waals surface area contributed by atoms with Crippen LogP contribution in [0, 0.1) is 11.8 Å². The molecule has 5 amide bonds. The van der Waals surface area contributed by atoms with Crippen molar-refractivity contribution in [3.05, 3.63) is 118 Å². The molecule has 5 rings (SSSR count). The number of fused-ring (bicyclic) bond motifs is 5. The Morgan fingerprint density at radius 1 is 0.848 bits per heavy atom. The molecule has 1 heterocycles. The summed E-state index contributed by atoms with van der Waals surface area (Å²) in [6, 6.07) is 20.1. The minimum atomic E-state index is -1.35. The van der Waals surface area contributed by atoms with Gasteiger partial charge in [0.05, 0.1) is 14.2 Å². The third kappa shape index (κ3) is 13.4. The summed E-state index contributed by atoms with van der Waals surface area (Å²) in [5, 5.41) is 20.8. The minimum Gasteiger partial charge on any atom is -0.496 e. The van der Waals surface area contributed by atoms with Crippen molar-refractivity contribution in [2.24, 2.45) is 5.73 Å². The molecule has 1 unspecified atom stereocenters. The largest absolute Gasteiger partial charge is 0.496 e. The smallest absolute Gasteiger partial charge is 0.326 e. The molecule has 0 aromatic heterocycles. The number of carbonyl (C=O) groups is 6. The third-order valence-corrected chi connectivity index (χ3v) is 11.4. The fourth-order valence-electron chi connectivity index (χ4n) is 7.61. The van der Waals surface area contributed by atoms with Crippen LogP contribution in [0.25, 0.3) is 11.1 Å². The Morgan fingerprint density at radius 2 is 1.48 bits per heavy atom. The predicted octanol–water partition coefficient (Wildman–Crippen LogP) is 4.68. The first-order chi connectivity index (χ1) is 31.8. The van der Waals surface area contributed by atoms with Gasteiger partial charge in [0.2, 0.25) is 23.6 Å². The van der Waals surface area contributed by atoms with Crippen molar-refractivity contribution in [1.82, 2.24) is 26.2 Å². The monoisotopic (exact) mass is 900 g/mol. The number of nitrogens with one attached hydrogen (secondary N) is 4. The number of nitrogens with zero attached hydrogens (tertiary/aromatic N) is 1. The third-order valence-electron chi connectivity index (χ3n) is 11.4. The lowest BCUT2D eigenvalue weighted by molar-refractivity contribution is -0.144. The molecule has 15 nitrogen and oxygen atoms in total. The summed E-state index contributed by atoms with van der Waals surface area (Å²) in [7, 11) is 4.39. The molecular formula is C51H60N6O9. The lowest BCUT2D eigenvalue weighted by Gasteiger charge is -2.32. The van der Waals surface area contributed by atoms with E-state index in [0.717, 1.165) is 30.4 Å². The summed E-state index contributed by atoms with van der Waals surface area (Å²) in [5.74, 6) is 2.87. The van der Waals surface area contributed by atoms with E-state index in [1.54, 1.807) is 60.7 Å². The number of carboxylic acids is 1. The molecular weight excluding hydrogens is 841 g/mol. The molecule has 0 fully saturated rings. The van der Waals surface area contributed by atoms with Crippen LogP contribution in [0.4, 0.5) is 0 Å². The molecule has 4 bridgehead atoms. The molecule has 0 saturated heterocycles. The van der Waals surface area contributed by atoms with Gasteiger partial charge in [0, 0.05) is 54.3 Å². The molecule has 348 valence electrons. The first-order valence-corrected chi connectivity index (χ1v) is 22.2. The fourth-order valence-corrected chi connectivity index (χ4v) is 7.61. The van der Waals surface area contributed by atoms with Crippen LogP contribution in [0.3, 0.4) is 0 Å². The zero-order valence-electron chi connectivity index (χ0n) is 38.2. The number of aryl methyl sites for hydroxylation is 1. The van der Waals surface area contributed by atoms with Crippen molar-refractivity contribution in [1.29, 1.82) is 0 Å². The molecule has 1 aliphatic rings. The van der Waals surface area contributed by atoms with Gasteiger partial charge in [-0.15, -0.1) is 0 Å². The number of carbonyl (C=O) groups excluding carboxylic acids is 5. The summed E-state index contributed by atoms with van der Waals surface area (Å²) < 4.78 is 11.4. The molecule has 15 heteroatoms. The maximum atomic E-state index is 14.5. The summed E-state index contributed by atoms with van der Waals surface area (Å²) >= 11 is 0. The number of amides is 5. The molecule has 4 aromatic carbocycles. The van der Waals surface area contributed by atoms with E-state index in [9.17, 15) is 33.9 Å². The van der Waals surface area contributed by atoms with Gasteiger partial charge in [-0.25, -0.2) is 4.79 Å². The molecule has 1 aliphatic heterocycles. The minimum absolute atomic E-state index is 0.0208. The quantitative estimate of drug-likeness (QED) is 0.0636. The normalized spacial score (nSPS) is 16.2. The van der Waals surface area contributed by atoms with E-state index in [-0.39, 0.29) is 31.7 Å². The standard InChI is InChI=1S/C51H60N6O9/c1-6-7-10-33-12-14-34(15-13-33)16-17-35-18-21-37(22-19-35)48(60)53-28-26-45(58)55-41(11-8-9-27-52)50(62)57(3)46-38-23-25-44(66-5)40(31-38)39-29-36(20-24-43(39)65-4)30-42(51(63)64)56-47(59)32(2)54-49(46)61/h12-15,18-25,29,31-32,41-42,46H,6-11,26-28,30,52H2,1-5H3,(H,53,60)(H,54,61)(H,55,58)(H,56,59)(H,63,64)/t32-,41?,42-,46-/m0/s1. The predicted molar refractivity (Wildman–Crippen MR) is 251 cm³/mol. The number of aliphatic carboxylic acids is 1. The van der Waals surface area contributed by atoms with Crippen LogP contribution in [-0.2, 0) is 36.8 Å². The number of benzene rings is 4.